The highest BCUT2D eigenvalue weighted by Gasteiger charge is 2.07. The molecule has 7 nitrogen and oxygen atoms in total. The van der Waals surface area contributed by atoms with Crippen molar-refractivity contribution in [3.63, 3.8) is 0 Å². The van der Waals surface area contributed by atoms with Crippen LogP contribution in [-0.2, 0) is 13.1 Å². The zero-order chi connectivity index (χ0) is 19.2. The molecule has 0 unspecified atom stereocenters. The first-order valence-corrected chi connectivity index (χ1v) is 8.44. The van der Waals surface area contributed by atoms with E-state index >= 15 is 0 Å². The van der Waals surface area contributed by atoms with Crippen LogP contribution in [0.3, 0.4) is 0 Å². The summed E-state index contributed by atoms with van der Waals surface area (Å²) in [6.45, 7) is 0.527. The zero-order valence-electron chi connectivity index (χ0n) is 15.2. The fourth-order valence-electron chi connectivity index (χ4n) is 2.50. The molecule has 0 fully saturated rings. The molecule has 27 heavy (non-hydrogen) atoms. The standard InChI is InChI=1S/C19H21FN6O/c1-25(2)18-5-3-4-15(24-18)12-23-19(27)22-11-14-6-7-17(16(20)10-14)26-9-8-21-13-26/h3-10,13H,11-12H2,1-2H3,(H2,22,23,27). The number of hydrogen-bond acceptors (Lipinski definition) is 4. The third-order valence-electron chi connectivity index (χ3n) is 3.93. The summed E-state index contributed by atoms with van der Waals surface area (Å²) in [6, 6.07) is 10.1. The Morgan fingerprint density at radius 3 is 2.70 bits per heavy atom. The van der Waals surface area contributed by atoms with Gasteiger partial charge in [-0.05, 0) is 29.8 Å². The summed E-state index contributed by atoms with van der Waals surface area (Å²) in [7, 11) is 3.81. The van der Waals surface area contributed by atoms with Crippen LogP contribution in [0.15, 0.2) is 55.1 Å². The van der Waals surface area contributed by atoms with Gasteiger partial charge in [-0.1, -0.05) is 12.1 Å². The predicted octanol–water partition coefficient (Wildman–Crippen LogP) is 2.47. The van der Waals surface area contributed by atoms with Crippen LogP contribution in [0.5, 0.6) is 0 Å². The molecule has 0 saturated carbocycles. The number of nitrogens with one attached hydrogen (secondary N) is 2. The van der Waals surface area contributed by atoms with Crippen LogP contribution in [0.25, 0.3) is 5.69 Å². The molecule has 0 aliphatic heterocycles. The van der Waals surface area contributed by atoms with Crippen LogP contribution >= 0.6 is 0 Å². The largest absolute Gasteiger partial charge is 0.363 e. The second-order valence-electron chi connectivity index (χ2n) is 6.17. The zero-order valence-corrected chi connectivity index (χ0v) is 15.2. The van der Waals surface area contributed by atoms with Gasteiger partial charge in [0.15, 0.2) is 0 Å². The molecule has 0 spiro atoms. The molecule has 2 N–H and O–H groups in total. The van der Waals surface area contributed by atoms with Gasteiger partial charge in [-0.25, -0.2) is 19.2 Å². The first kappa shape index (κ1) is 18.4. The van der Waals surface area contributed by atoms with E-state index in [1.54, 1.807) is 29.1 Å². The van der Waals surface area contributed by atoms with Crippen molar-refractivity contribution in [1.29, 1.82) is 0 Å². The summed E-state index contributed by atoms with van der Waals surface area (Å²) in [5.74, 6) is 0.445. The fraction of sp³-hybridized carbons (Fsp3) is 0.211. The summed E-state index contributed by atoms with van der Waals surface area (Å²) >= 11 is 0. The van der Waals surface area contributed by atoms with Gasteiger partial charge in [0.25, 0.3) is 0 Å². The van der Waals surface area contributed by atoms with E-state index in [1.165, 1.54) is 12.4 Å². The van der Waals surface area contributed by atoms with Crippen LogP contribution in [0, 0.1) is 5.82 Å². The molecular weight excluding hydrogens is 347 g/mol. The lowest BCUT2D eigenvalue weighted by molar-refractivity contribution is 0.240. The van der Waals surface area contributed by atoms with Crippen LogP contribution < -0.4 is 15.5 Å². The van der Waals surface area contributed by atoms with E-state index in [0.717, 1.165) is 11.5 Å². The van der Waals surface area contributed by atoms with E-state index in [9.17, 15) is 9.18 Å². The van der Waals surface area contributed by atoms with Crippen molar-refractivity contribution in [2.75, 3.05) is 19.0 Å². The van der Waals surface area contributed by atoms with Crippen molar-refractivity contribution in [3.8, 4) is 5.69 Å². The van der Waals surface area contributed by atoms with E-state index in [2.05, 4.69) is 20.6 Å². The Bertz CT molecular complexity index is 910. The Morgan fingerprint density at radius 2 is 2.00 bits per heavy atom. The van der Waals surface area contributed by atoms with Gasteiger partial charge in [-0.15, -0.1) is 0 Å². The molecule has 140 valence electrons. The van der Waals surface area contributed by atoms with Crippen molar-refractivity contribution >= 4 is 11.8 Å². The number of urea groups is 1. The molecule has 2 heterocycles. The minimum Gasteiger partial charge on any atom is -0.363 e. The number of pyridine rings is 1. The van der Waals surface area contributed by atoms with E-state index in [-0.39, 0.29) is 18.4 Å². The third kappa shape index (κ3) is 4.81. The average molecular weight is 368 g/mol. The Hall–Kier alpha value is -3.42. The lowest BCUT2D eigenvalue weighted by Crippen LogP contribution is -2.34. The van der Waals surface area contributed by atoms with Crippen LogP contribution in [0.1, 0.15) is 11.3 Å². The highest BCUT2D eigenvalue weighted by molar-refractivity contribution is 5.73. The van der Waals surface area contributed by atoms with Crippen molar-refractivity contribution in [2.24, 2.45) is 0 Å². The van der Waals surface area contributed by atoms with E-state index in [0.29, 0.717) is 17.8 Å². The number of anilines is 1. The molecule has 0 bridgehead atoms. The molecule has 2 aromatic heterocycles. The second-order valence-corrected chi connectivity index (χ2v) is 6.17. The van der Waals surface area contributed by atoms with E-state index < -0.39 is 0 Å². The highest BCUT2D eigenvalue weighted by Crippen LogP contribution is 2.15. The molecule has 0 aliphatic rings. The maximum atomic E-state index is 14.2. The number of imidazole rings is 1. The number of nitrogens with zero attached hydrogens (tertiary/aromatic N) is 4. The predicted molar refractivity (Wildman–Crippen MR) is 101 cm³/mol. The molecule has 0 atom stereocenters. The minimum absolute atomic E-state index is 0.220. The summed E-state index contributed by atoms with van der Waals surface area (Å²) in [4.78, 5) is 22.2. The topological polar surface area (TPSA) is 75.1 Å². The number of aromatic nitrogens is 3. The second kappa shape index (κ2) is 8.31. The van der Waals surface area contributed by atoms with Crippen molar-refractivity contribution < 1.29 is 9.18 Å². The van der Waals surface area contributed by atoms with Crippen LogP contribution in [0.2, 0.25) is 0 Å². The van der Waals surface area contributed by atoms with Gasteiger partial charge < -0.3 is 20.1 Å². The number of halogens is 1. The number of benzene rings is 1. The maximum absolute atomic E-state index is 14.2. The van der Waals surface area contributed by atoms with Gasteiger partial charge in [0.2, 0.25) is 0 Å². The first-order chi connectivity index (χ1) is 13.0. The lowest BCUT2D eigenvalue weighted by atomic mass is 10.2. The molecule has 3 aromatic rings. The molecule has 0 aliphatic carbocycles. The molecule has 2 amide bonds. The summed E-state index contributed by atoms with van der Waals surface area (Å²) in [6.07, 6.45) is 4.79. The van der Waals surface area contributed by atoms with Gasteiger partial charge >= 0.3 is 6.03 Å². The minimum atomic E-state index is -0.377. The molecule has 1 aromatic carbocycles. The van der Waals surface area contributed by atoms with Gasteiger partial charge in [-0.2, -0.15) is 0 Å². The number of hydrogen-bond donors (Lipinski definition) is 2. The molecule has 8 heteroatoms. The normalized spacial score (nSPS) is 10.5. The van der Waals surface area contributed by atoms with E-state index in [1.807, 2.05) is 37.2 Å². The first-order valence-electron chi connectivity index (χ1n) is 8.44. The van der Waals surface area contributed by atoms with Crippen LogP contribution in [-0.4, -0.2) is 34.7 Å². The van der Waals surface area contributed by atoms with Crippen molar-refractivity contribution in [3.05, 3.63) is 72.2 Å². The maximum Gasteiger partial charge on any atom is 0.315 e. The number of carbonyl (C=O) groups is 1. The Balaban J connectivity index is 1.52. The van der Waals surface area contributed by atoms with E-state index in [4.69, 9.17) is 0 Å². The van der Waals surface area contributed by atoms with Crippen molar-refractivity contribution in [2.45, 2.75) is 13.1 Å². The third-order valence-corrected chi connectivity index (χ3v) is 3.93. The quantitative estimate of drug-likeness (QED) is 0.701. The molecule has 0 radical (unpaired) electrons. The average Bonchev–Trinajstić information content (AvgIpc) is 3.19. The number of rotatable bonds is 6. The number of carbonyl (C=O) groups excluding carboxylic acids is 1. The highest BCUT2D eigenvalue weighted by atomic mass is 19.1. The smallest absolute Gasteiger partial charge is 0.315 e. The number of amides is 2. The molecule has 3 rings (SSSR count). The molecule has 0 saturated heterocycles. The summed E-state index contributed by atoms with van der Waals surface area (Å²) in [5, 5.41) is 5.46. The van der Waals surface area contributed by atoms with Gasteiger partial charge in [0, 0.05) is 33.0 Å². The Labute approximate surface area is 156 Å². The fourth-order valence-corrected chi connectivity index (χ4v) is 2.50. The summed E-state index contributed by atoms with van der Waals surface area (Å²) in [5.41, 5.74) is 1.83. The monoisotopic (exact) mass is 368 g/mol. The van der Waals surface area contributed by atoms with Gasteiger partial charge in [0.1, 0.15) is 11.6 Å². The van der Waals surface area contributed by atoms with Crippen molar-refractivity contribution in [1.82, 2.24) is 25.2 Å². The SMILES string of the molecule is CN(C)c1cccc(CNC(=O)NCc2ccc(-n3ccnc3)c(F)c2)n1. The van der Waals surface area contributed by atoms with Crippen LogP contribution in [0.4, 0.5) is 15.0 Å². The Morgan fingerprint density at radius 1 is 1.19 bits per heavy atom. The summed E-state index contributed by atoms with van der Waals surface area (Å²) < 4.78 is 15.8. The Kier molecular flexibility index (Phi) is 5.65. The van der Waals surface area contributed by atoms with Gasteiger partial charge in [-0.3, -0.25) is 0 Å². The lowest BCUT2D eigenvalue weighted by Gasteiger charge is -2.13. The molecular formula is C19H21FN6O. The van der Waals surface area contributed by atoms with Gasteiger partial charge in [0.05, 0.1) is 24.3 Å².